The lowest BCUT2D eigenvalue weighted by molar-refractivity contribution is -0.150. The molecule has 1 aliphatic heterocycles. The van der Waals surface area contributed by atoms with E-state index in [4.69, 9.17) is 23.2 Å². The summed E-state index contributed by atoms with van der Waals surface area (Å²) in [6.45, 7) is 0.288. The third kappa shape index (κ3) is 5.96. The zero-order valence-corrected chi connectivity index (χ0v) is 20.8. The van der Waals surface area contributed by atoms with Gasteiger partial charge in [0, 0.05) is 12.1 Å². The molecule has 6 nitrogen and oxygen atoms in total. The molecule has 4 rings (SSSR count). The lowest BCUT2D eigenvalue weighted by atomic mass is 10.0. The number of likely N-dealkylation sites (tertiary alicyclic amines) is 1. The highest BCUT2D eigenvalue weighted by molar-refractivity contribution is 6.42. The largest absolute Gasteiger partial charge is 0.480 e. The molecule has 0 aromatic heterocycles. The maximum Gasteiger partial charge on any atom is 0.326 e. The lowest BCUT2D eigenvalue weighted by Gasteiger charge is -2.33. The van der Waals surface area contributed by atoms with Crippen molar-refractivity contribution >= 4 is 47.1 Å². The Hall–Kier alpha value is -3.61. The number of hydrogen-bond acceptors (Lipinski definition) is 3. The highest BCUT2D eigenvalue weighted by Crippen LogP contribution is 2.25. The van der Waals surface area contributed by atoms with E-state index in [1.807, 2.05) is 42.5 Å². The van der Waals surface area contributed by atoms with Gasteiger partial charge in [0.1, 0.15) is 11.7 Å². The molecule has 36 heavy (non-hydrogen) atoms. The average Bonchev–Trinajstić information content (AvgIpc) is 2.90. The van der Waals surface area contributed by atoms with E-state index in [1.165, 1.54) is 11.0 Å². The van der Waals surface area contributed by atoms with Crippen LogP contribution in [0.15, 0.2) is 78.5 Å². The van der Waals surface area contributed by atoms with Crippen LogP contribution < -0.4 is 5.32 Å². The van der Waals surface area contributed by atoms with Crippen molar-refractivity contribution in [3.05, 3.63) is 99.7 Å². The van der Waals surface area contributed by atoms with E-state index in [0.29, 0.717) is 40.4 Å². The molecule has 1 unspecified atom stereocenters. The second kappa shape index (κ2) is 11.4. The number of carbonyl (C=O) groups excluding carboxylic acids is 2. The molecular weight excluding hydrogens is 499 g/mol. The fraction of sp³-hybridized carbons (Fsp3) is 0.179. The molecule has 0 spiro atoms. The molecule has 1 fully saturated rings. The first-order chi connectivity index (χ1) is 17.3. The molecule has 1 atom stereocenters. The van der Waals surface area contributed by atoms with Crippen LogP contribution in [0.4, 0.5) is 0 Å². The molecule has 8 heteroatoms. The smallest absolute Gasteiger partial charge is 0.326 e. The molecule has 1 saturated heterocycles. The van der Waals surface area contributed by atoms with Crippen molar-refractivity contribution in [2.45, 2.75) is 25.3 Å². The molecule has 2 amide bonds. The first kappa shape index (κ1) is 25.5. The van der Waals surface area contributed by atoms with E-state index in [1.54, 1.807) is 30.3 Å². The SMILES string of the molecule is O=C(NC(=Cc1ccc(Cl)c(Cl)c1)C(=O)N1CCCCC1C(=O)O)c1ccc(-c2ccccc2)cc1. The maximum absolute atomic E-state index is 13.5. The van der Waals surface area contributed by atoms with E-state index < -0.39 is 23.8 Å². The summed E-state index contributed by atoms with van der Waals surface area (Å²) >= 11 is 12.1. The van der Waals surface area contributed by atoms with Crippen molar-refractivity contribution < 1.29 is 19.5 Å². The van der Waals surface area contributed by atoms with Gasteiger partial charge in [-0.15, -0.1) is 0 Å². The second-order valence-corrected chi connectivity index (χ2v) is 9.29. The minimum atomic E-state index is -1.07. The molecule has 3 aromatic carbocycles. The van der Waals surface area contributed by atoms with Gasteiger partial charge in [0.25, 0.3) is 11.8 Å². The van der Waals surface area contributed by atoms with Crippen LogP contribution in [0.25, 0.3) is 17.2 Å². The quantitative estimate of drug-likeness (QED) is 0.394. The van der Waals surface area contributed by atoms with Crippen LogP contribution in [0.2, 0.25) is 10.0 Å². The molecule has 0 radical (unpaired) electrons. The van der Waals surface area contributed by atoms with Crippen LogP contribution in [0.3, 0.4) is 0 Å². The summed E-state index contributed by atoms with van der Waals surface area (Å²) in [6, 6.07) is 20.6. The Morgan fingerprint density at radius 2 is 1.58 bits per heavy atom. The van der Waals surface area contributed by atoms with Gasteiger partial charge in [-0.05, 0) is 66.3 Å². The minimum absolute atomic E-state index is 0.0429. The van der Waals surface area contributed by atoms with Crippen LogP contribution in [-0.2, 0) is 9.59 Å². The van der Waals surface area contributed by atoms with Gasteiger partial charge in [0.2, 0.25) is 0 Å². The average molecular weight is 523 g/mol. The lowest BCUT2D eigenvalue weighted by Crippen LogP contribution is -2.50. The van der Waals surface area contributed by atoms with Gasteiger partial charge in [0.05, 0.1) is 10.0 Å². The number of piperidine rings is 1. The molecule has 1 heterocycles. The number of hydrogen-bond donors (Lipinski definition) is 2. The summed E-state index contributed by atoms with van der Waals surface area (Å²) in [5.41, 5.74) is 2.82. The number of carboxylic acid groups (broad SMARTS) is 1. The molecular formula is C28H24Cl2N2O4. The van der Waals surface area contributed by atoms with Gasteiger partial charge >= 0.3 is 5.97 Å². The number of carbonyl (C=O) groups is 3. The van der Waals surface area contributed by atoms with Crippen LogP contribution >= 0.6 is 23.2 Å². The number of carboxylic acids is 1. The van der Waals surface area contributed by atoms with Crippen molar-refractivity contribution in [1.82, 2.24) is 10.2 Å². The third-order valence-corrected chi connectivity index (χ3v) is 6.78. The highest BCUT2D eigenvalue weighted by atomic mass is 35.5. The predicted molar refractivity (Wildman–Crippen MR) is 141 cm³/mol. The molecule has 0 saturated carbocycles. The summed E-state index contributed by atoms with van der Waals surface area (Å²) in [7, 11) is 0. The minimum Gasteiger partial charge on any atom is -0.480 e. The fourth-order valence-corrected chi connectivity index (χ4v) is 4.45. The zero-order chi connectivity index (χ0) is 25.7. The molecule has 0 bridgehead atoms. The molecule has 184 valence electrons. The summed E-state index contributed by atoms with van der Waals surface area (Å²) in [6.07, 6.45) is 3.24. The third-order valence-electron chi connectivity index (χ3n) is 6.04. The summed E-state index contributed by atoms with van der Waals surface area (Å²) in [4.78, 5) is 39.7. The van der Waals surface area contributed by atoms with Gasteiger partial charge in [-0.25, -0.2) is 4.79 Å². The molecule has 2 N–H and O–H groups in total. The van der Waals surface area contributed by atoms with Gasteiger partial charge < -0.3 is 15.3 Å². The van der Waals surface area contributed by atoms with E-state index in [-0.39, 0.29) is 12.2 Å². The summed E-state index contributed by atoms with van der Waals surface area (Å²) < 4.78 is 0. The molecule has 1 aliphatic rings. The Bertz CT molecular complexity index is 1310. The topological polar surface area (TPSA) is 86.7 Å². The van der Waals surface area contributed by atoms with Gasteiger partial charge in [-0.1, -0.05) is 71.7 Å². The maximum atomic E-state index is 13.5. The van der Waals surface area contributed by atoms with Crippen LogP contribution in [-0.4, -0.2) is 40.4 Å². The number of aliphatic carboxylic acids is 1. The Labute approximate surface area is 219 Å². The number of amides is 2. The number of benzene rings is 3. The molecule has 0 aliphatic carbocycles. The normalized spacial score (nSPS) is 15.9. The van der Waals surface area contributed by atoms with Crippen LogP contribution in [0.5, 0.6) is 0 Å². The van der Waals surface area contributed by atoms with Gasteiger partial charge in [0.15, 0.2) is 0 Å². The molecule has 3 aromatic rings. The van der Waals surface area contributed by atoms with Gasteiger partial charge in [-0.2, -0.15) is 0 Å². The monoisotopic (exact) mass is 522 g/mol. The second-order valence-electron chi connectivity index (χ2n) is 8.48. The number of halogens is 2. The Balaban J connectivity index is 1.63. The zero-order valence-electron chi connectivity index (χ0n) is 19.3. The van der Waals surface area contributed by atoms with E-state index in [2.05, 4.69) is 5.32 Å². The van der Waals surface area contributed by atoms with Crippen molar-refractivity contribution in [2.75, 3.05) is 6.54 Å². The van der Waals surface area contributed by atoms with Gasteiger partial charge in [-0.3, -0.25) is 9.59 Å². The van der Waals surface area contributed by atoms with Crippen molar-refractivity contribution in [3.63, 3.8) is 0 Å². The van der Waals surface area contributed by atoms with Crippen LogP contribution in [0.1, 0.15) is 35.2 Å². The van der Waals surface area contributed by atoms with E-state index in [0.717, 1.165) is 11.1 Å². The Kier molecular flexibility index (Phi) is 8.08. The number of nitrogens with zero attached hydrogens (tertiary/aromatic N) is 1. The number of rotatable bonds is 6. The fourth-order valence-electron chi connectivity index (χ4n) is 4.15. The van der Waals surface area contributed by atoms with Crippen molar-refractivity contribution in [1.29, 1.82) is 0 Å². The van der Waals surface area contributed by atoms with E-state index >= 15 is 0 Å². The van der Waals surface area contributed by atoms with E-state index in [9.17, 15) is 19.5 Å². The first-order valence-corrected chi connectivity index (χ1v) is 12.3. The Morgan fingerprint density at radius 1 is 0.889 bits per heavy atom. The number of nitrogens with one attached hydrogen (secondary N) is 1. The Morgan fingerprint density at radius 3 is 2.25 bits per heavy atom. The van der Waals surface area contributed by atoms with Crippen molar-refractivity contribution in [3.8, 4) is 11.1 Å². The summed E-state index contributed by atoms with van der Waals surface area (Å²) in [5, 5.41) is 13.0. The predicted octanol–water partition coefficient (Wildman–Crippen LogP) is 5.90. The summed E-state index contributed by atoms with van der Waals surface area (Å²) in [5.74, 6) is -2.12. The highest BCUT2D eigenvalue weighted by Gasteiger charge is 2.34. The standard InChI is InChI=1S/C28H24Cl2N2O4/c29-22-14-9-18(16-23(22)30)17-24(27(34)32-15-5-4-8-25(32)28(35)36)31-26(33)21-12-10-20(11-13-21)19-6-2-1-3-7-19/h1-3,6-7,9-14,16-17,25H,4-5,8,15H2,(H,31,33)(H,35,36). The van der Waals surface area contributed by atoms with Crippen molar-refractivity contribution in [2.24, 2.45) is 0 Å². The first-order valence-electron chi connectivity index (χ1n) is 11.5. The van der Waals surface area contributed by atoms with Crippen LogP contribution in [0, 0.1) is 0 Å².